The third-order valence-corrected chi connectivity index (χ3v) is 14.1. The van der Waals surface area contributed by atoms with Crippen LogP contribution in [-0.4, -0.2) is 68.5 Å². The van der Waals surface area contributed by atoms with Gasteiger partial charge in [0.15, 0.2) is 0 Å². The molecular weight excluding hydrogens is 840 g/mol. The van der Waals surface area contributed by atoms with Crippen LogP contribution in [0.25, 0.3) is 0 Å². The van der Waals surface area contributed by atoms with Gasteiger partial charge in [0.2, 0.25) is 5.91 Å². The van der Waals surface area contributed by atoms with Gasteiger partial charge in [-0.25, -0.2) is 0 Å². The van der Waals surface area contributed by atoms with E-state index in [9.17, 15) is 19.4 Å². The lowest BCUT2D eigenvalue weighted by Crippen LogP contribution is -2.45. The van der Waals surface area contributed by atoms with Crippen molar-refractivity contribution < 1.29 is 32.9 Å². The topological polar surface area (TPSA) is 108 Å². The number of phosphoric ester groups is 1. The minimum atomic E-state index is -4.59. The Labute approximate surface area is 411 Å². The number of likely N-dealkylation sites (N-methyl/N-ethyl adjacent to an activating group) is 1. The summed E-state index contributed by atoms with van der Waals surface area (Å²) in [5, 5.41) is 13.9. The van der Waals surface area contributed by atoms with Gasteiger partial charge in [-0.2, -0.15) is 0 Å². The first-order valence-electron chi connectivity index (χ1n) is 28.7. The molecule has 3 unspecified atom stereocenters. The predicted molar refractivity (Wildman–Crippen MR) is 284 cm³/mol. The standard InChI is InChI=1S/C57H113N2O6P/c1-6-8-10-12-14-16-18-20-22-24-26-28-29-31-32-34-36-38-40-42-44-46-48-50-56(60)55(54-65-66(62,63)64-53-52-59(3,4)5)58-57(61)51-49-47-45-43-41-39-37-35-33-30-27-25-23-21-19-17-15-13-11-9-7-2/h25,27,48,50,55-56,60H,6-24,26,28-47,49,51-54H2,1-5H3,(H-,58,61,62,63)/b27-25-,50-48+. The van der Waals surface area contributed by atoms with Crippen molar-refractivity contribution in [3.8, 4) is 0 Å². The molecule has 1 amide bonds. The van der Waals surface area contributed by atoms with E-state index in [0.29, 0.717) is 17.4 Å². The van der Waals surface area contributed by atoms with Gasteiger partial charge in [0.1, 0.15) is 13.2 Å². The van der Waals surface area contributed by atoms with Crippen molar-refractivity contribution in [1.29, 1.82) is 0 Å². The number of hydrogen-bond acceptors (Lipinski definition) is 6. The molecule has 0 aliphatic carbocycles. The first kappa shape index (κ1) is 65.0. The Bertz CT molecular complexity index is 1130. The van der Waals surface area contributed by atoms with Crippen molar-refractivity contribution >= 4 is 13.7 Å². The smallest absolute Gasteiger partial charge is 0.268 e. The third-order valence-electron chi connectivity index (χ3n) is 13.2. The number of carbonyl (C=O) groups is 1. The molecule has 3 atom stereocenters. The summed E-state index contributed by atoms with van der Waals surface area (Å²) >= 11 is 0. The molecule has 0 heterocycles. The van der Waals surface area contributed by atoms with E-state index in [1.165, 1.54) is 225 Å². The number of aliphatic hydroxyl groups excluding tert-OH is 1. The van der Waals surface area contributed by atoms with Gasteiger partial charge in [-0.05, 0) is 44.9 Å². The zero-order chi connectivity index (χ0) is 48.5. The van der Waals surface area contributed by atoms with Crippen molar-refractivity contribution in [1.82, 2.24) is 5.32 Å². The molecule has 0 saturated carbocycles. The van der Waals surface area contributed by atoms with Gasteiger partial charge in [0.25, 0.3) is 7.82 Å². The molecule has 9 heteroatoms. The van der Waals surface area contributed by atoms with Crippen molar-refractivity contribution in [2.24, 2.45) is 0 Å². The maximum atomic E-state index is 13.0. The van der Waals surface area contributed by atoms with Gasteiger partial charge < -0.3 is 28.8 Å². The highest BCUT2D eigenvalue weighted by molar-refractivity contribution is 7.45. The molecule has 66 heavy (non-hydrogen) atoms. The summed E-state index contributed by atoms with van der Waals surface area (Å²) in [5.74, 6) is -0.195. The van der Waals surface area contributed by atoms with E-state index in [4.69, 9.17) is 9.05 Å². The number of carbonyl (C=O) groups excluding carboxylic acids is 1. The Hall–Kier alpha value is -1.02. The Kier molecular flexibility index (Phi) is 48.2. The highest BCUT2D eigenvalue weighted by atomic mass is 31.2. The fourth-order valence-electron chi connectivity index (χ4n) is 8.62. The lowest BCUT2D eigenvalue weighted by molar-refractivity contribution is -0.870. The fourth-order valence-corrected chi connectivity index (χ4v) is 9.34. The van der Waals surface area contributed by atoms with Gasteiger partial charge in [0, 0.05) is 6.42 Å². The molecule has 0 aliphatic heterocycles. The van der Waals surface area contributed by atoms with E-state index in [1.54, 1.807) is 6.08 Å². The normalized spacial score (nSPS) is 14.1. The molecule has 0 aromatic carbocycles. The third kappa shape index (κ3) is 50.8. The fraction of sp³-hybridized carbons (Fsp3) is 0.912. The minimum Gasteiger partial charge on any atom is -0.756 e. The number of allylic oxidation sites excluding steroid dienone is 3. The van der Waals surface area contributed by atoms with Crippen molar-refractivity contribution in [3.05, 3.63) is 24.3 Å². The number of nitrogens with one attached hydrogen (secondary N) is 1. The van der Waals surface area contributed by atoms with Crippen LogP contribution in [0.1, 0.15) is 284 Å². The molecule has 0 bridgehead atoms. The number of hydrogen-bond donors (Lipinski definition) is 2. The van der Waals surface area contributed by atoms with Crippen LogP contribution in [0, 0.1) is 0 Å². The van der Waals surface area contributed by atoms with Gasteiger partial charge in [-0.3, -0.25) is 9.36 Å². The van der Waals surface area contributed by atoms with Crippen LogP contribution in [0.4, 0.5) is 0 Å². The van der Waals surface area contributed by atoms with E-state index < -0.39 is 20.0 Å². The first-order chi connectivity index (χ1) is 32.0. The van der Waals surface area contributed by atoms with E-state index in [-0.39, 0.29) is 19.1 Å². The molecule has 0 spiro atoms. The monoisotopic (exact) mass is 953 g/mol. The highest BCUT2D eigenvalue weighted by Gasteiger charge is 2.23. The molecule has 0 aromatic rings. The lowest BCUT2D eigenvalue weighted by atomic mass is 10.0. The van der Waals surface area contributed by atoms with Crippen LogP contribution in [0.3, 0.4) is 0 Å². The Balaban J connectivity index is 4.22. The summed E-state index contributed by atoms with van der Waals surface area (Å²) in [6, 6.07) is -0.886. The van der Waals surface area contributed by atoms with Crippen molar-refractivity contribution in [3.63, 3.8) is 0 Å². The molecule has 0 saturated heterocycles. The molecule has 8 nitrogen and oxygen atoms in total. The number of phosphoric acid groups is 1. The second-order valence-electron chi connectivity index (χ2n) is 21.0. The van der Waals surface area contributed by atoms with E-state index in [1.807, 2.05) is 27.2 Å². The zero-order valence-corrected chi connectivity index (χ0v) is 45.6. The number of unbranched alkanes of at least 4 members (excludes halogenated alkanes) is 38. The summed E-state index contributed by atoms with van der Waals surface area (Å²) < 4.78 is 23.4. The van der Waals surface area contributed by atoms with Crippen LogP contribution >= 0.6 is 7.82 Å². The average Bonchev–Trinajstić information content (AvgIpc) is 3.28. The molecule has 0 aliphatic rings. The summed E-state index contributed by atoms with van der Waals surface area (Å²) in [6.07, 6.45) is 61.0. The molecule has 2 N–H and O–H groups in total. The summed E-state index contributed by atoms with van der Waals surface area (Å²) in [6.45, 7) is 4.69. The van der Waals surface area contributed by atoms with Crippen LogP contribution < -0.4 is 10.2 Å². The molecule has 392 valence electrons. The Morgan fingerprint density at radius 3 is 1.18 bits per heavy atom. The number of amides is 1. The van der Waals surface area contributed by atoms with Crippen molar-refractivity contribution in [2.45, 2.75) is 296 Å². The average molecular weight is 954 g/mol. The van der Waals surface area contributed by atoms with Gasteiger partial charge in [-0.1, -0.05) is 256 Å². The largest absolute Gasteiger partial charge is 0.756 e. The minimum absolute atomic E-state index is 0.000338. The van der Waals surface area contributed by atoms with Crippen LogP contribution in [-0.2, 0) is 18.4 Å². The molecular formula is C57H113N2O6P. The molecule has 0 radical (unpaired) electrons. The summed E-state index contributed by atoms with van der Waals surface area (Å²) in [7, 11) is 1.27. The number of rotatable bonds is 53. The highest BCUT2D eigenvalue weighted by Crippen LogP contribution is 2.38. The molecule has 0 fully saturated rings. The van der Waals surface area contributed by atoms with E-state index in [0.717, 1.165) is 38.5 Å². The van der Waals surface area contributed by atoms with Gasteiger partial charge >= 0.3 is 0 Å². The van der Waals surface area contributed by atoms with Crippen LogP contribution in [0.5, 0.6) is 0 Å². The summed E-state index contributed by atoms with van der Waals surface area (Å²) in [4.78, 5) is 25.5. The number of aliphatic hydroxyl groups is 1. The number of quaternary nitrogens is 1. The van der Waals surface area contributed by atoms with Crippen LogP contribution in [0.2, 0.25) is 0 Å². The predicted octanol–water partition coefficient (Wildman–Crippen LogP) is 16.6. The van der Waals surface area contributed by atoms with Crippen molar-refractivity contribution in [2.75, 3.05) is 40.9 Å². The maximum absolute atomic E-state index is 13.0. The first-order valence-corrected chi connectivity index (χ1v) is 30.2. The SMILES string of the molecule is CCCCCCCCCC/C=C\CCCCCCCCCCCC(=O)NC(COP(=O)([O-])OCC[N+](C)(C)C)C(O)/C=C/CCCCCCCCCCCCCCCCCCCCCCC. The second kappa shape index (κ2) is 49.0. The maximum Gasteiger partial charge on any atom is 0.268 e. The number of nitrogens with zero attached hydrogens (tertiary/aromatic N) is 1. The quantitative estimate of drug-likeness (QED) is 0.0272. The Morgan fingerprint density at radius 1 is 0.515 bits per heavy atom. The molecule has 0 aromatic heterocycles. The Morgan fingerprint density at radius 2 is 0.833 bits per heavy atom. The zero-order valence-electron chi connectivity index (χ0n) is 44.7. The van der Waals surface area contributed by atoms with Gasteiger partial charge in [0.05, 0.1) is 39.9 Å². The summed E-state index contributed by atoms with van der Waals surface area (Å²) in [5.41, 5.74) is 0. The van der Waals surface area contributed by atoms with Gasteiger partial charge in [-0.15, -0.1) is 0 Å². The van der Waals surface area contributed by atoms with Crippen LogP contribution in [0.15, 0.2) is 24.3 Å². The lowest BCUT2D eigenvalue weighted by Gasteiger charge is -2.29. The van der Waals surface area contributed by atoms with E-state index in [2.05, 4.69) is 31.3 Å². The second-order valence-corrected chi connectivity index (χ2v) is 22.4. The van der Waals surface area contributed by atoms with E-state index >= 15 is 0 Å². The molecule has 0 rings (SSSR count).